The first-order valence-corrected chi connectivity index (χ1v) is 14.3. The number of nitrogens with zero attached hydrogens (tertiary/aromatic N) is 4. The smallest absolute Gasteiger partial charge is 0.475 e. The van der Waals surface area contributed by atoms with Crippen LogP contribution in [0.4, 0.5) is 32.3 Å². The fourth-order valence-corrected chi connectivity index (χ4v) is 6.42. The summed E-state index contributed by atoms with van der Waals surface area (Å²) in [6.07, 6.45) is -4.92. The number of sulfone groups is 1. The molecule has 2 aromatic heterocycles. The Balaban J connectivity index is 0.000000317. The van der Waals surface area contributed by atoms with E-state index >= 15 is 0 Å². The van der Waals surface area contributed by atoms with Crippen molar-refractivity contribution in [1.82, 2.24) is 19.9 Å². The van der Waals surface area contributed by atoms with Crippen molar-refractivity contribution in [2.75, 3.05) is 18.4 Å². The summed E-state index contributed by atoms with van der Waals surface area (Å²) < 4.78 is 89.3. The molecule has 1 saturated heterocycles. The highest BCUT2D eigenvalue weighted by molar-refractivity contribution is 7.91. The Kier molecular flexibility index (Phi) is 10.9. The number of benzene rings is 1. The van der Waals surface area contributed by atoms with Gasteiger partial charge in [0.2, 0.25) is 5.95 Å². The summed E-state index contributed by atoms with van der Waals surface area (Å²) in [5.74, 6) is -5.08. The fraction of sp³-hybridized carbons (Fsp3) is 0.346. The standard InChI is InChI=1S/C22H23N5O2S.2C2HF3O2/c28-30(29)15-18-11-25-22(24-10-16-5-2-1-3-6-16)26-21(18)19-13-27(14-20(19)30)12-17-7-4-8-23-9-17;2*3-2(4,5)1(6)7/h1-9,11,19-20H,10,12-15H2,(H,24,25,26);2*(H,6,7)/t19-,20+;;/m0../s1. The molecule has 18 heteroatoms. The van der Waals surface area contributed by atoms with E-state index in [-0.39, 0.29) is 11.7 Å². The largest absolute Gasteiger partial charge is 0.490 e. The van der Waals surface area contributed by atoms with Gasteiger partial charge in [-0.05, 0) is 17.2 Å². The van der Waals surface area contributed by atoms with E-state index in [1.165, 1.54) is 0 Å². The maximum Gasteiger partial charge on any atom is 0.490 e. The van der Waals surface area contributed by atoms with Crippen molar-refractivity contribution in [3.8, 4) is 0 Å². The number of hydrogen-bond acceptors (Lipinski definition) is 9. The van der Waals surface area contributed by atoms with Gasteiger partial charge in [0.1, 0.15) is 0 Å². The molecule has 5 rings (SSSR count). The molecule has 1 fully saturated rings. The van der Waals surface area contributed by atoms with Crippen LogP contribution in [0.25, 0.3) is 0 Å². The van der Waals surface area contributed by atoms with Gasteiger partial charge in [0, 0.05) is 56.3 Å². The molecule has 4 heterocycles. The van der Waals surface area contributed by atoms with Gasteiger partial charge in [-0.2, -0.15) is 26.3 Å². The van der Waals surface area contributed by atoms with Crippen LogP contribution in [0.1, 0.15) is 28.3 Å². The van der Waals surface area contributed by atoms with Gasteiger partial charge in [-0.3, -0.25) is 9.88 Å². The van der Waals surface area contributed by atoms with Crippen molar-refractivity contribution in [2.24, 2.45) is 0 Å². The summed E-state index contributed by atoms with van der Waals surface area (Å²) >= 11 is 0. The number of hydrogen-bond donors (Lipinski definition) is 3. The lowest BCUT2D eigenvalue weighted by Crippen LogP contribution is -2.35. The maximum absolute atomic E-state index is 12.9. The molecule has 0 spiro atoms. The Morgan fingerprint density at radius 3 is 2.05 bits per heavy atom. The highest BCUT2D eigenvalue weighted by atomic mass is 32.2. The molecule has 2 aliphatic rings. The SMILES string of the molecule is O=C(O)C(F)(F)F.O=C(O)C(F)(F)F.O=S1(=O)Cc2cnc(NCc3ccccc3)nc2[C@H]2CN(Cc3cccnc3)C[C@H]21. The molecule has 0 amide bonds. The second-order valence-electron chi connectivity index (χ2n) is 9.56. The Morgan fingerprint density at radius 1 is 0.909 bits per heavy atom. The molecule has 0 radical (unpaired) electrons. The first-order chi connectivity index (χ1) is 20.5. The van der Waals surface area contributed by atoms with Crippen molar-refractivity contribution in [3.63, 3.8) is 0 Å². The average Bonchev–Trinajstić information content (AvgIpc) is 3.38. The van der Waals surface area contributed by atoms with E-state index in [0.717, 1.165) is 22.4 Å². The monoisotopic (exact) mass is 649 g/mol. The van der Waals surface area contributed by atoms with Crippen LogP contribution >= 0.6 is 0 Å². The predicted octanol–water partition coefficient (Wildman–Crippen LogP) is 3.65. The van der Waals surface area contributed by atoms with Crippen molar-refractivity contribution in [1.29, 1.82) is 0 Å². The summed E-state index contributed by atoms with van der Waals surface area (Å²) in [5, 5.41) is 17.1. The predicted molar refractivity (Wildman–Crippen MR) is 142 cm³/mol. The lowest BCUT2D eigenvalue weighted by atomic mass is 10.00. The number of nitrogens with one attached hydrogen (secondary N) is 1. The Hall–Kier alpha value is -4.32. The Bertz CT molecular complexity index is 1520. The lowest BCUT2D eigenvalue weighted by Gasteiger charge is -2.26. The molecule has 0 unspecified atom stereocenters. The van der Waals surface area contributed by atoms with Gasteiger partial charge in [-0.1, -0.05) is 36.4 Å². The molecule has 0 aliphatic carbocycles. The third kappa shape index (κ3) is 9.60. The van der Waals surface area contributed by atoms with Gasteiger partial charge in [0.05, 0.1) is 16.7 Å². The summed E-state index contributed by atoms with van der Waals surface area (Å²) in [6.45, 7) is 2.51. The first kappa shape index (κ1) is 34.2. The minimum absolute atomic E-state index is 0.0171. The van der Waals surface area contributed by atoms with E-state index in [9.17, 15) is 34.8 Å². The van der Waals surface area contributed by atoms with E-state index in [0.29, 0.717) is 32.1 Å². The van der Waals surface area contributed by atoms with Gasteiger partial charge in [-0.15, -0.1) is 0 Å². The van der Waals surface area contributed by atoms with E-state index in [1.54, 1.807) is 12.4 Å². The number of anilines is 1. The summed E-state index contributed by atoms with van der Waals surface area (Å²) in [4.78, 5) is 33.3. The van der Waals surface area contributed by atoms with E-state index in [4.69, 9.17) is 24.8 Å². The summed E-state index contributed by atoms with van der Waals surface area (Å²) in [7, 11) is -3.22. The average molecular weight is 650 g/mol. The van der Waals surface area contributed by atoms with Crippen LogP contribution in [0, 0.1) is 0 Å². The molecule has 1 aromatic carbocycles. The summed E-state index contributed by atoms with van der Waals surface area (Å²) in [5.41, 5.74) is 3.82. The molecule has 44 heavy (non-hydrogen) atoms. The van der Waals surface area contributed by atoms with Crippen LogP contribution in [-0.2, 0) is 38.3 Å². The van der Waals surface area contributed by atoms with Gasteiger partial charge in [0.25, 0.3) is 0 Å². The molecule has 0 bridgehead atoms. The number of likely N-dealkylation sites (tertiary alicyclic amines) is 1. The second kappa shape index (κ2) is 14.0. The zero-order valence-corrected chi connectivity index (χ0v) is 23.3. The topological polar surface area (TPSA) is 163 Å². The number of carbonyl (C=O) groups is 2. The molecule has 3 N–H and O–H groups in total. The number of pyridine rings is 1. The molecule has 0 saturated carbocycles. The number of aromatic nitrogens is 3. The number of fused-ring (bicyclic) bond motifs is 3. The van der Waals surface area contributed by atoms with Crippen LogP contribution in [0.15, 0.2) is 61.1 Å². The Morgan fingerprint density at radius 2 is 1.50 bits per heavy atom. The maximum atomic E-state index is 12.9. The number of rotatable bonds is 5. The Labute approximate surface area is 246 Å². The lowest BCUT2D eigenvalue weighted by molar-refractivity contribution is -0.193. The second-order valence-corrected chi connectivity index (χ2v) is 11.8. The van der Waals surface area contributed by atoms with Gasteiger partial charge in [0.15, 0.2) is 9.84 Å². The van der Waals surface area contributed by atoms with Crippen molar-refractivity contribution < 1.29 is 54.6 Å². The highest BCUT2D eigenvalue weighted by Gasteiger charge is 2.47. The van der Waals surface area contributed by atoms with Crippen LogP contribution in [0.2, 0.25) is 0 Å². The molecule has 3 aromatic rings. The van der Waals surface area contributed by atoms with E-state index in [1.807, 2.05) is 48.7 Å². The molecule has 11 nitrogen and oxygen atoms in total. The third-order valence-electron chi connectivity index (χ3n) is 6.32. The van der Waals surface area contributed by atoms with Crippen LogP contribution in [0.3, 0.4) is 0 Å². The van der Waals surface area contributed by atoms with Crippen molar-refractivity contribution in [3.05, 3.63) is 83.4 Å². The quantitative estimate of drug-likeness (QED) is 0.346. The van der Waals surface area contributed by atoms with Crippen molar-refractivity contribution >= 4 is 27.7 Å². The van der Waals surface area contributed by atoms with Gasteiger partial charge in [-0.25, -0.2) is 28.0 Å². The molecule has 238 valence electrons. The van der Waals surface area contributed by atoms with Crippen LogP contribution in [0.5, 0.6) is 0 Å². The van der Waals surface area contributed by atoms with Crippen LogP contribution in [-0.4, -0.2) is 81.1 Å². The molecule has 2 atom stereocenters. The van der Waals surface area contributed by atoms with Gasteiger partial charge < -0.3 is 15.5 Å². The van der Waals surface area contributed by atoms with Gasteiger partial charge >= 0.3 is 24.3 Å². The minimum Gasteiger partial charge on any atom is -0.475 e. The molecular weight excluding hydrogens is 624 g/mol. The van der Waals surface area contributed by atoms with E-state index in [2.05, 4.69) is 20.2 Å². The number of halogens is 6. The number of alkyl halides is 6. The number of carboxylic acid groups (broad SMARTS) is 2. The zero-order chi connectivity index (χ0) is 32.7. The van der Waals surface area contributed by atoms with Crippen LogP contribution < -0.4 is 5.32 Å². The molecule has 2 aliphatic heterocycles. The summed E-state index contributed by atoms with van der Waals surface area (Å²) in [6, 6.07) is 14.0. The number of aliphatic carboxylic acids is 2. The zero-order valence-electron chi connectivity index (χ0n) is 22.5. The third-order valence-corrected chi connectivity index (χ3v) is 8.43. The fourth-order valence-electron chi connectivity index (χ4n) is 4.40. The highest BCUT2D eigenvalue weighted by Crippen LogP contribution is 2.39. The first-order valence-electron chi connectivity index (χ1n) is 12.5. The normalized spacial score (nSPS) is 18.8. The van der Waals surface area contributed by atoms with E-state index < -0.39 is 39.4 Å². The number of carboxylic acids is 2. The minimum atomic E-state index is -5.08. The van der Waals surface area contributed by atoms with Crippen molar-refractivity contribution in [2.45, 2.75) is 42.4 Å². The molecular formula is C26H25F6N5O6S.